The van der Waals surface area contributed by atoms with Crippen LogP contribution < -0.4 is 32.2 Å². The summed E-state index contributed by atoms with van der Waals surface area (Å²) < 4.78 is 2.41. The smallest absolute Gasteiger partial charge is 0.141 e. The molecule has 7 heteroatoms. The van der Waals surface area contributed by atoms with Crippen LogP contribution in [-0.2, 0) is 0 Å². The van der Waals surface area contributed by atoms with Crippen molar-refractivity contribution in [1.29, 1.82) is 0 Å². The lowest BCUT2D eigenvalue weighted by atomic mass is 9.61. The van der Waals surface area contributed by atoms with Crippen LogP contribution in [0.25, 0.3) is 60.5 Å². The van der Waals surface area contributed by atoms with Gasteiger partial charge in [-0.15, -0.1) is 5.46 Å². The van der Waals surface area contributed by atoms with Gasteiger partial charge in [0.1, 0.15) is 39.2 Å². The van der Waals surface area contributed by atoms with Crippen molar-refractivity contribution < 1.29 is 0 Å². The molecule has 0 fully saturated rings. The van der Waals surface area contributed by atoms with Gasteiger partial charge < -0.3 is 9.47 Å². The van der Waals surface area contributed by atoms with Gasteiger partial charge in [0.25, 0.3) is 0 Å². The van der Waals surface area contributed by atoms with E-state index in [1.165, 1.54) is 87.8 Å². The molecule has 0 saturated heterocycles. The van der Waals surface area contributed by atoms with E-state index in [4.69, 9.17) is 0 Å². The maximum Gasteiger partial charge on any atom is 0.141 e. The Balaban J connectivity index is 1.24. The highest BCUT2D eigenvalue weighted by Crippen LogP contribution is 2.40. The number of hydrogen-bond donors (Lipinski definition) is 0. The zero-order chi connectivity index (χ0) is 36.2. The molecule has 9 rings (SSSR count). The Morgan fingerprint density at radius 3 is 1.51 bits per heavy atom. The quantitative estimate of drug-likeness (QED) is 0.243. The number of hydrogen-bond acceptors (Lipinski definition) is 1. The summed E-state index contributed by atoms with van der Waals surface area (Å²) >= 11 is 0. The third kappa shape index (κ3) is 5.42. The molecule has 0 N–H and O–H groups in total. The van der Waals surface area contributed by atoms with Gasteiger partial charge in [-0.1, -0.05) is 143 Å². The molecule has 8 aromatic carbocycles. The average Bonchev–Trinajstić information content (AvgIpc) is 3.55. The number of aromatic nitrogens is 1. The fourth-order valence-electron chi connectivity index (χ4n) is 8.42. The first-order valence-electron chi connectivity index (χ1n) is 18.5. The molecule has 0 spiro atoms. The molecule has 0 bridgehead atoms. The van der Waals surface area contributed by atoms with Crippen molar-refractivity contribution >= 4 is 116 Å². The number of benzene rings is 8. The number of fused-ring (bicyclic) bond motifs is 4. The summed E-state index contributed by atoms with van der Waals surface area (Å²) in [7, 11) is 11.3. The van der Waals surface area contributed by atoms with Gasteiger partial charge in [0.15, 0.2) is 0 Å². The third-order valence-electron chi connectivity index (χ3n) is 11.5. The van der Waals surface area contributed by atoms with E-state index in [1.807, 2.05) is 0 Å². The molecule has 0 aliphatic heterocycles. The molecule has 9 aromatic rings. The molecule has 0 aliphatic carbocycles. The van der Waals surface area contributed by atoms with Gasteiger partial charge in [0.05, 0.1) is 11.0 Å². The van der Waals surface area contributed by atoms with Crippen LogP contribution in [0.4, 0.5) is 17.1 Å². The van der Waals surface area contributed by atoms with Gasteiger partial charge in [-0.05, 0) is 75.5 Å². The molecule has 1 aromatic heterocycles. The van der Waals surface area contributed by atoms with Gasteiger partial charge in [0.2, 0.25) is 0 Å². The van der Waals surface area contributed by atoms with Crippen molar-refractivity contribution in [2.75, 3.05) is 4.90 Å². The average molecular weight is 672 g/mol. The molecule has 0 radical (unpaired) electrons. The fourth-order valence-corrected chi connectivity index (χ4v) is 8.42. The maximum atomic E-state index is 2.48. The highest BCUT2D eigenvalue weighted by molar-refractivity contribution is 6.69. The zero-order valence-electron chi connectivity index (χ0n) is 31.0. The second-order valence-corrected chi connectivity index (χ2v) is 14.3. The van der Waals surface area contributed by atoms with Gasteiger partial charge >= 0.3 is 0 Å². The summed E-state index contributed by atoms with van der Waals surface area (Å²) in [5, 5.41) is 5.05. The van der Waals surface area contributed by atoms with Crippen molar-refractivity contribution in [2.45, 2.75) is 0 Å². The first-order chi connectivity index (χ1) is 25.9. The van der Waals surface area contributed by atoms with Gasteiger partial charge in [-0.3, -0.25) is 0 Å². The van der Waals surface area contributed by atoms with E-state index in [1.54, 1.807) is 0 Å². The van der Waals surface area contributed by atoms with Gasteiger partial charge in [0, 0.05) is 33.5 Å². The van der Waals surface area contributed by atoms with Crippen molar-refractivity contribution in [2.24, 2.45) is 0 Å². The lowest BCUT2D eigenvalue weighted by Gasteiger charge is -2.32. The SMILES string of the molecule is Bc1c(B)c(B)c(N(c2ccc(-c3cccc4cccc(-c5ccccc5)c34)cc2)c2cccc(-n3c4ccccc4c4ccccc43)c2)c(B)c1B. The minimum absolute atomic E-state index is 1.13. The van der Waals surface area contributed by atoms with E-state index >= 15 is 0 Å². The Morgan fingerprint density at radius 1 is 0.396 bits per heavy atom. The maximum absolute atomic E-state index is 2.48. The van der Waals surface area contributed by atoms with Crippen molar-refractivity contribution in [3.05, 3.63) is 164 Å². The van der Waals surface area contributed by atoms with E-state index in [-0.39, 0.29) is 0 Å². The summed E-state index contributed by atoms with van der Waals surface area (Å²) in [6.45, 7) is 0. The van der Waals surface area contributed by atoms with E-state index < -0.39 is 0 Å². The molecule has 0 saturated carbocycles. The van der Waals surface area contributed by atoms with Gasteiger partial charge in [-0.2, -0.15) is 0 Å². The fraction of sp³-hybridized carbons (Fsp3) is 0. The molecule has 0 unspecified atom stereocenters. The predicted octanol–water partition coefficient (Wildman–Crippen LogP) is 4.03. The molecule has 0 aliphatic rings. The Labute approximate surface area is 316 Å². The van der Waals surface area contributed by atoms with Crippen LogP contribution in [0, 0.1) is 0 Å². The zero-order valence-corrected chi connectivity index (χ0v) is 31.0. The van der Waals surface area contributed by atoms with Crippen LogP contribution in [0.5, 0.6) is 0 Å². The summed E-state index contributed by atoms with van der Waals surface area (Å²) in [4.78, 5) is 2.48. The molecule has 53 heavy (non-hydrogen) atoms. The van der Waals surface area contributed by atoms with E-state index in [0.29, 0.717) is 0 Å². The summed E-state index contributed by atoms with van der Waals surface area (Å²) in [6, 6.07) is 59.7. The predicted molar refractivity (Wildman–Crippen MR) is 245 cm³/mol. The Morgan fingerprint density at radius 2 is 0.906 bits per heavy atom. The van der Waals surface area contributed by atoms with Crippen LogP contribution >= 0.6 is 0 Å². The summed E-state index contributed by atoms with van der Waals surface area (Å²) in [5.74, 6) is 0. The van der Waals surface area contributed by atoms with Crippen molar-refractivity contribution in [1.82, 2.24) is 4.57 Å². The van der Waals surface area contributed by atoms with Gasteiger partial charge in [-0.25, -0.2) is 0 Å². The highest BCUT2D eigenvalue weighted by Gasteiger charge is 2.22. The monoisotopic (exact) mass is 672 g/mol. The second-order valence-electron chi connectivity index (χ2n) is 14.3. The summed E-state index contributed by atoms with van der Waals surface area (Å²) in [5.41, 5.74) is 18.6. The molecule has 2 nitrogen and oxygen atoms in total. The van der Waals surface area contributed by atoms with Crippen LogP contribution in [0.1, 0.15) is 0 Å². The minimum Gasteiger partial charge on any atom is -0.312 e. The highest BCUT2D eigenvalue weighted by atomic mass is 15.1. The van der Waals surface area contributed by atoms with Crippen LogP contribution in [0.15, 0.2) is 164 Å². The largest absolute Gasteiger partial charge is 0.312 e. The number of anilines is 3. The molecule has 0 atom stereocenters. The molecule has 0 amide bonds. The topological polar surface area (TPSA) is 8.17 Å². The standard InChI is InChI=1S/C46H37B5N2/c47-41-42(48)44(50)46(45(51)43(41)49)52(32-15-10-16-33(27-32)53-38-21-6-4-17-36(38)37-18-5-7-22-39(37)53)31-25-23-29(24-26-31)35-20-9-14-30-13-8-19-34(40(30)35)28-11-2-1-3-12-28/h1-27H,47-51H2. The first-order valence-corrected chi connectivity index (χ1v) is 18.5. The van der Waals surface area contributed by atoms with E-state index in [9.17, 15) is 0 Å². The van der Waals surface area contributed by atoms with Crippen molar-refractivity contribution in [3.8, 4) is 27.9 Å². The number of nitrogens with zero attached hydrogens (tertiary/aromatic N) is 2. The molecule has 246 valence electrons. The molecular weight excluding hydrogens is 635 g/mol. The Kier molecular flexibility index (Phi) is 8.16. The van der Waals surface area contributed by atoms with E-state index in [2.05, 4.69) is 212 Å². The third-order valence-corrected chi connectivity index (χ3v) is 11.5. The lowest BCUT2D eigenvalue weighted by molar-refractivity contribution is 1.17. The Hall–Kier alpha value is -6.06. The molecular formula is C46H37B5N2. The number of rotatable bonds is 6. The second kappa shape index (κ2) is 13.2. The minimum atomic E-state index is 1.13. The Bertz CT molecular complexity index is 2760. The van der Waals surface area contributed by atoms with Crippen LogP contribution in [-0.4, -0.2) is 43.8 Å². The summed E-state index contributed by atoms with van der Waals surface area (Å²) in [6.07, 6.45) is 0. The van der Waals surface area contributed by atoms with Crippen LogP contribution in [0.2, 0.25) is 0 Å². The lowest BCUT2D eigenvalue weighted by Crippen LogP contribution is -2.56. The van der Waals surface area contributed by atoms with E-state index in [0.717, 1.165) is 17.1 Å². The molecule has 1 heterocycles. The first kappa shape index (κ1) is 32.8. The normalized spacial score (nSPS) is 11.4. The number of para-hydroxylation sites is 2. The van der Waals surface area contributed by atoms with Crippen molar-refractivity contribution in [3.63, 3.8) is 0 Å². The van der Waals surface area contributed by atoms with Crippen LogP contribution in [0.3, 0.4) is 0 Å².